The fourth-order valence-electron chi connectivity index (χ4n) is 2.76. The van der Waals surface area contributed by atoms with Crippen LogP contribution in [0.3, 0.4) is 0 Å². The van der Waals surface area contributed by atoms with Gasteiger partial charge in [0.25, 0.3) is 0 Å². The highest BCUT2D eigenvalue weighted by Crippen LogP contribution is 2.29. The number of imidazole rings is 1. The Kier molecular flexibility index (Phi) is 2.82. The van der Waals surface area contributed by atoms with Gasteiger partial charge in [0.15, 0.2) is 0 Å². The van der Waals surface area contributed by atoms with Crippen molar-refractivity contribution in [3.63, 3.8) is 0 Å². The Hall–Kier alpha value is -1.77. The van der Waals surface area contributed by atoms with Gasteiger partial charge in [-0.3, -0.25) is 0 Å². The summed E-state index contributed by atoms with van der Waals surface area (Å²) in [5.41, 5.74) is 2.29. The maximum absolute atomic E-state index is 9.83. The molecule has 1 unspecified atom stereocenters. The summed E-state index contributed by atoms with van der Waals surface area (Å²) in [4.78, 5) is 4.54. The highest BCUT2D eigenvalue weighted by molar-refractivity contribution is 5.34. The van der Waals surface area contributed by atoms with Crippen molar-refractivity contribution in [2.24, 2.45) is 0 Å². The third kappa shape index (κ3) is 1.90. The molecule has 0 amide bonds. The van der Waals surface area contributed by atoms with Crippen molar-refractivity contribution in [2.45, 2.75) is 38.6 Å². The second-order valence-corrected chi connectivity index (χ2v) is 5.10. The largest absolute Gasteiger partial charge is 0.508 e. The standard InChI is InChI=1S/C15H18N2O/c1-11-5-4-8-17-13(11)10-16-15(17)9-12-6-2-3-7-14(12)18/h2-3,6-7,10-11,18H,4-5,8-9H2,1H3. The topological polar surface area (TPSA) is 38.0 Å². The molecule has 2 aromatic rings. The Morgan fingerprint density at radius 2 is 2.22 bits per heavy atom. The summed E-state index contributed by atoms with van der Waals surface area (Å²) >= 11 is 0. The first kappa shape index (κ1) is 11.3. The molecule has 1 atom stereocenters. The zero-order valence-electron chi connectivity index (χ0n) is 10.6. The van der Waals surface area contributed by atoms with Gasteiger partial charge in [0.2, 0.25) is 0 Å². The molecule has 0 saturated carbocycles. The molecular formula is C15H18N2O. The molecule has 1 aliphatic heterocycles. The lowest BCUT2D eigenvalue weighted by molar-refractivity contribution is 0.458. The molecule has 1 aliphatic rings. The van der Waals surface area contributed by atoms with Crippen LogP contribution < -0.4 is 0 Å². The number of fused-ring (bicyclic) bond motifs is 1. The van der Waals surface area contributed by atoms with Crippen molar-refractivity contribution in [1.29, 1.82) is 0 Å². The minimum Gasteiger partial charge on any atom is -0.508 e. The number of hydrogen-bond donors (Lipinski definition) is 1. The van der Waals surface area contributed by atoms with Crippen LogP contribution in [0.25, 0.3) is 0 Å². The van der Waals surface area contributed by atoms with Gasteiger partial charge in [-0.2, -0.15) is 0 Å². The molecule has 1 aromatic heterocycles. The van der Waals surface area contributed by atoms with E-state index >= 15 is 0 Å². The van der Waals surface area contributed by atoms with E-state index < -0.39 is 0 Å². The Labute approximate surface area is 107 Å². The average Bonchev–Trinajstić information content (AvgIpc) is 2.77. The van der Waals surface area contributed by atoms with Crippen molar-refractivity contribution in [2.75, 3.05) is 0 Å². The van der Waals surface area contributed by atoms with Crippen LogP contribution in [0.1, 0.15) is 42.8 Å². The van der Waals surface area contributed by atoms with Gasteiger partial charge in [-0.15, -0.1) is 0 Å². The minimum atomic E-state index is 0.360. The van der Waals surface area contributed by atoms with Gasteiger partial charge in [-0.05, 0) is 24.8 Å². The van der Waals surface area contributed by atoms with E-state index in [2.05, 4.69) is 16.5 Å². The zero-order chi connectivity index (χ0) is 12.5. The maximum atomic E-state index is 9.83. The molecule has 0 spiro atoms. The lowest BCUT2D eigenvalue weighted by Crippen LogP contribution is -2.15. The molecule has 0 fully saturated rings. The lowest BCUT2D eigenvalue weighted by Gasteiger charge is -2.22. The lowest BCUT2D eigenvalue weighted by atomic mass is 9.98. The van der Waals surface area contributed by atoms with E-state index in [0.29, 0.717) is 18.1 Å². The van der Waals surface area contributed by atoms with Crippen LogP contribution in [-0.2, 0) is 13.0 Å². The zero-order valence-corrected chi connectivity index (χ0v) is 10.6. The highest BCUT2D eigenvalue weighted by atomic mass is 16.3. The van der Waals surface area contributed by atoms with E-state index in [0.717, 1.165) is 17.9 Å². The summed E-state index contributed by atoms with van der Waals surface area (Å²) in [7, 11) is 0. The van der Waals surface area contributed by atoms with Crippen molar-refractivity contribution in [3.05, 3.63) is 47.5 Å². The minimum absolute atomic E-state index is 0.360. The second kappa shape index (κ2) is 4.48. The normalized spacial score (nSPS) is 18.6. The predicted molar refractivity (Wildman–Crippen MR) is 70.8 cm³/mol. The first-order valence-corrected chi connectivity index (χ1v) is 6.57. The maximum Gasteiger partial charge on any atom is 0.119 e. The molecule has 0 bridgehead atoms. The fraction of sp³-hybridized carbons (Fsp3) is 0.400. The van der Waals surface area contributed by atoms with E-state index in [-0.39, 0.29) is 0 Å². The second-order valence-electron chi connectivity index (χ2n) is 5.10. The van der Waals surface area contributed by atoms with Crippen LogP contribution in [0, 0.1) is 0 Å². The molecule has 0 aliphatic carbocycles. The van der Waals surface area contributed by atoms with Crippen LogP contribution in [0.4, 0.5) is 0 Å². The molecular weight excluding hydrogens is 224 g/mol. The smallest absolute Gasteiger partial charge is 0.119 e. The molecule has 1 aromatic carbocycles. The van der Waals surface area contributed by atoms with Gasteiger partial charge in [0, 0.05) is 30.4 Å². The third-order valence-corrected chi connectivity index (χ3v) is 3.83. The van der Waals surface area contributed by atoms with Crippen molar-refractivity contribution >= 4 is 0 Å². The SMILES string of the molecule is CC1CCCn2c1cnc2Cc1ccccc1O. The van der Waals surface area contributed by atoms with Gasteiger partial charge < -0.3 is 9.67 Å². The molecule has 3 nitrogen and oxygen atoms in total. The number of aromatic nitrogens is 2. The van der Waals surface area contributed by atoms with Gasteiger partial charge in [0.1, 0.15) is 11.6 Å². The van der Waals surface area contributed by atoms with Crippen molar-refractivity contribution in [3.8, 4) is 5.75 Å². The summed E-state index contributed by atoms with van der Waals surface area (Å²) in [6.45, 7) is 3.32. The number of benzene rings is 1. The van der Waals surface area contributed by atoms with Crippen LogP contribution in [0.5, 0.6) is 5.75 Å². The number of aromatic hydroxyl groups is 1. The third-order valence-electron chi connectivity index (χ3n) is 3.83. The molecule has 1 N–H and O–H groups in total. The van der Waals surface area contributed by atoms with E-state index in [1.165, 1.54) is 18.5 Å². The monoisotopic (exact) mass is 242 g/mol. The first-order valence-electron chi connectivity index (χ1n) is 6.57. The first-order chi connectivity index (χ1) is 8.75. The van der Waals surface area contributed by atoms with Crippen LogP contribution in [0.2, 0.25) is 0 Å². The molecule has 18 heavy (non-hydrogen) atoms. The van der Waals surface area contributed by atoms with Gasteiger partial charge in [0.05, 0.1) is 0 Å². The summed E-state index contributed by atoms with van der Waals surface area (Å²) in [5.74, 6) is 2.03. The van der Waals surface area contributed by atoms with Crippen molar-refractivity contribution in [1.82, 2.24) is 9.55 Å². The Bertz CT molecular complexity index is 559. The fourth-order valence-corrected chi connectivity index (χ4v) is 2.76. The van der Waals surface area contributed by atoms with E-state index in [1.54, 1.807) is 6.07 Å². The highest BCUT2D eigenvalue weighted by Gasteiger charge is 2.20. The molecule has 3 heteroatoms. The van der Waals surface area contributed by atoms with E-state index in [1.807, 2.05) is 24.4 Å². The summed E-state index contributed by atoms with van der Waals surface area (Å²) in [5, 5.41) is 9.83. The quantitative estimate of drug-likeness (QED) is 0.878. The summed E-state index contributed by atoms with van der Waals surface area (Å²) < 4.78 is 2.32. The van der Waals surface area contributed by atoms with Crippen LogP contribution >= 0.6 is 0 Å². The number of phenols is 1. The Morgan fingerprint density at radius 3 is 3.06 bits per heavy atom. The van der Waals surface area contributed by atoms with Gasteiger partial charge >= 0.3 is 0 Å². The Balaban J connectivity index is 1.92. The van der Waals surface area contributed by atoms with Crippen LogP contribution in [-0.4, -0.2) is 14.7 Å². The molecule has 94 valence electrons. The summed E-state index contributed by atoms with van der Waals surface area (Å²) in [6, 6.07) is 7.50. The average molecular weight is 242 g/mol. The number of nitrogens with zero attached hydrogens (tertiary/aromatic N) is 2. The number of phenolic OH excluding ortho intramolecular Hbond substituents is 1. The number of para-hydroxylation sites is 1. The molecule has 0 radical (unpaired) electrons. The van der Waals surface area contributed by atoms with Gasteiger partial charge in [-0.1, -0.05) is 25.1 Å². The molecule has 0 saturated heterocycles. The Morgan fingerprint density at radius 1 is 1.39 bits per heavy atom. The van der Waals surface area contributed by atoms with Gasteiger partial charge in [-0.25, -0.2) is 4.98 Å². The van der Waals surface area contributed by atoms with E-state index in [4.69, 9.17) is 0 Å². The predicted octanol–water partition coefficient (Wildman–Crippen LogP) is 3.08. The van der Waals surface area contributed by atoms with Crippen LogP contribution in [0.15, 0.2) is 30.5 Å². The number of rotatable bonds is 2. The molecule has 3 rings (SSSR count). The molecule has 2 heterocycles. The van der Waals surface area contributed by atoms with E-state index in [9.17, 15) is 5.11 Å². The summed E-state index contributed by atoms with van der Waals surface area (Å²) in [6.07, 6.45) is 5.18. The number of hydrogen-bond acceptors (Lipinski definition) is 2. The van der Waals surface area contributed by atoms with Crippen molar-refractivity contribution < 1.29 is 5.11 Å².